The zero-order chi connectivity index (χ0) is 16.3. The molecule has 1 aromatic heterocycles. The normalized spacial score (nSPS) is 12.3. The summed E-state index contributed by atoms with van der Waals surface area (Å²) in [5.74, 6) is -0.199. The predicted octanol–water partition coefficient (Wildman–Crippen LogP) is 4.96. The van der Waals surface area contributed by atoms with Crippen LogP contribution in [-0.2, 0) is 5.41 Å². The van der Waals surface area contributed by atoms with Crippen LogP contribution >= 0.6 is 27.3 Å². The Kier molecular flexibility index (Phi) is 5.19. The Balaban J connectivity index is 2.06. The Bertz CT molecular complexity index is 696. The molecule has 2 rings (SSSR count). The third kappa shape index (κ3) is 4.27. The molecule has 0 radical (unpaired) electrons. The highest BCUT2D eigenvalue weighted by atomic mass is 79.9. The number of hydrogen-bond donors (Lipinski definition) is 1. The van der Waals surface area contributed by atoms with Crippen molar-refractivity contribution in [3.63, 3.8) is 0 Å². The van der Waals surface area contributed by atoms with Crippen molar-refractivity contribution in [3.8, 4) is 0 Å². The maximum Gasteiger partial charge on any atom is 0.271 e. The van der Waals surface area contributed by atoms with Crippen LogP contribution in [-0.4, -0.2) is 11.6 Å². The van der Waals surface area contributed by atoms with Gasteiger partial charge in [-0.1, -0.05) is 32.9 Å². The number of benzene rings is 1. The molecule has 0 aliphatic carbocycles. The Morgan fingerprint density at radius 1 is 1.14 bits per heavy atom. The number of carbonyl (C=O) groups is 1. The summed E-state index contributed by atoms with van der Waals surface area (Å²) in [5, 5.41) is 4.16. The molecule has 0 saturated carbocycles. The molecule has 1 amide bonds. The van der Waals surface area contributed by atoms with Crippen LogP contribution in [0.25, 0.3) is 0 Å². The molecule has 0 saturated heterocycles. The Hall–Kier alpha value is -1.46. The number of thiophene rings is 1. The molecule has 0 aliphatic rings. The molecule has 1 N–H and O–H groups in total. The zero-order valence-corrected chi connectivity index (χ0v) is 15.5. The van der Waals surface area contributed by atoms with Crippen LogP contribution in [0, 0.1) is 0 Å². The number of amides is 1. The molecule has 0 aliphatic heterocycles. The van der Waals surface area contributed by atoms with Gasteiger partial charge < -0.3 is 0 Å². The van der Waals surface area contributed by atoms with E-state index >= 15 is 0 Å². The van der Waals surface area contributed by atoms with Crippen LogP contribution < -0.4 is 5.43 Å². The standard InChI is InChI=1S/C17H19BrN2OS/c1-11(14-9-10-15(18)22-14)19-20-16(21)12-5-7-13(8-6-12)17(2,3)4/h5-10H,1-4H3,(H,20,21). The largest absolute Gasteiger partial charge is 0.271 e. The monoisotopic (exact) mass is 378 g/mol. The molecule has 0 bridgehead atoms. The van der Waals surface area contributed by atoms with Gasteiger partial charge in [0.25, 0.3) is 5.91 Å². The van der Waals surface area contributed by atoms with Crippen LogP contribution in [0.2, 0.25) is 0 Å². The Morgan fingerprint density at radius 2 is 1.77 bits per heavy atom. The SMILES string of the molecule is CC(=NNC(=O)c1ccc(C(C)(C)C)cc1)c1ccc(Br)s1. The molecule has 2 aromatic rings. The highest BCUT2D eigenvalue weighted by Gasteiger charge is 2.14. The van der Waals surface area contributed by atoms with Crippen LogP contribution in [0.3, 0.4) is 0 Å². The maximum atomic E-state index is 12.1. The smallest absolute Gasteiger partial charge is 0.267 e. The fourth-order valence-corrected chi connectivity index (χ4v) is 3.22. The van der Waals surface area contributed by atoms with E-state index in [1.807, 2.05) is 43.3 Å². The van der Waals surface area contributed by atoms with Crippen molar-refractivity contribution in [1.82, 2.24) is 5.43 Å². The molecule has 0 fully saturated rings. The van der Waals surface area contributed by atoms with Crippen molar-refractivity contribution in [2.45, 2.75) is 33.1 Å². The van der Waals surface area contributed by atoms with E-state index in [0.29, 0.717) is 5.56 Å². The van der Waals surface area contributed by atoms with Gasteiger partial charge >= 0.3 is 0 Å². The molecule has 5 heteroatoms. The first-order valence-electron chi connectivity index (χ1n) is 6.98. The first-order chi connectivity index (χ1) is 10.3. The van der Waals surface area contributed by atoms with Gasteiger partial charge in [-0.15, -0.1) is 11.3 Å². The van der Waals surface area contributed by atoms with E-state index in [2.05, 4.69) is 47.2 Å². The molecule has 22 heavy (non-hydrogen) atoms. The van der Waals surface area contributed by atoms with Gasteiger partial charge in [-0.2, -0.15) is 5.10 Å². The van der Waals surface area contributed by atoms with Gasteiger partial charge in [-0.05, 0) is 58.1 Å². The summed E-state index contributed by atoms with van der Waals surface area (Å²) in [4.78, 5) is 13.1. The average molecular weight is 379 g/mol. The van der Waals surface area contributed by atoms with Crippen LogP contribution in [0.1, 0.15) is 48.5 Å². The lowest BCUT2D eigenvalue weighted by atomic mass is 9.87. The fraction of sp³-hybridized carbons (Fsp3) is 0.294. The highest BCUT2D eigenvalue weighted by molar-refractivity contribution is 9.11. The second-order valence-electron chi connectivity index (χ2n) is 6.07. The topological polar surface area (TPSA) is 41.5 Å². The number of nitrogens with one attached hydrogen (secondary N) is 1. The molecule has 0 unspecified atom stereocenters. The second kappa shape index (κ2) is 6.75. The molecule has 1 heterocycles. The predicted molar refractivity (Wildman–Crippen MR) is 96.8 cm³/mol. The van der Waals surface area contributed by atoms with Crippen LogP contribution in [0.5, 0.6) is 0 Å². The van der Waals surface area contributed by atoms with Gasteiger partial charge in [0, 0.05) is 5.56 Å². The van der Waals surface area contributed by atoms with Gasteiger partial charge in [0.2, 0.25) is 0 Å². The number of carbonyl (C=O) groups excluding carboxylic acids is 1. The first-order valence-corrected chi connectivity index (χ1v) is 8.59. The average Bonchev–Trinajstić information content (AvgIpc) is 2.90. The van der Waals surface area contributed by atoms with E-state index < -0.39 is 0 Å². The van der Waals surface area contributed by atoms with Crippen molar-refractivity contribution >= 4 is 38.9 Å². The summed E-state index contributed by atoms with van der Waals surface area (Å²) in [6, 6.07) is 11.6. The number of halogens is 1. The van der Waals surface area contributed by atoms with E-state index in [1.54, 1.807) is 11.3 Å². The molecular formula is C17H19BrN2OS. The maximum absolute atomic E-state index is 12.1. The van der Waals surface area contributed by atoms with E-state index in [1.165, 1.54) is 5.56 Å². The number of rotatable bonds is 3. The third-order valence-electron chi connectivity index (χ3n) is 3.27. The van der Waals surface area contributed by atoms with Gasteiger partial charge in [0.1, 0.15) is 0 Å². The number of nitrogens with zero attached hydrogens (tertiary/aromatic N) is 1. The van der Waals surface area contributed by atoms with Crippen LogP contribution in [0.4, 0.5) is 0 Å². The highest BCUT2D eigenvalue weighted by Crippen LogP contribution is 2.23. The van der Waals surface area contributed by atoms with Crippen molar-refractivity contribution < 1.29 is 4.79 Å². The minimum Gasteiger partial charge on any atom is -0.267 e. The number of hydrazone groups is 1. The third-order valence-corrected chi connectivity index (χ3v) is 5.00. The quantitative estimate of drug-likeness (QED) is 0.594. The molecule has 3 nitrogen and oxygen atoms in total. The van der Waals surface area contributed by atoms with Crippen molar-refractivity contribution in [2.24, 2.45) is 5.10 Å². The van der Waals surface area contributed by atoms with E-state index in [9.17, 15) is 4.79 Å². The first kappa shape index (κ1) is 16.9. The molecular weight excluding hydrogens is 360 g/mol. The molecule has 0 spiro atoms. The summed E-state index contributed by atoms with van der Waals surface area (Å²) in [5.41, 5.74) is 5.28. The van der Waals surface area contributed by atoms with Crippen molar-refractivity contribution in [3.05, 3.63) is 56.2 Å². The molecule has 0 atom stereocenters. The van der Waals surface area contributed by atoms with Gasteiger partial charge in [-0.3, -0.25) is 4.79 Å². The summed E-state index contributed by atoms with van der Waals surface area (Å²) < 4.78 is 1.04. The van der Waals surface area contributed by atoms with E-state index in [4.69, 9.17) is 0 Å². The minimum absolute atomic E-state index is 0.0797. The fourth-order valence-electron chi connectivity index (χ4n) is 1.88. The lowest BCUT2D eigenvalue weighted by molar-refractivity contribution is 0.0955. The Labute approximate surface area is 143 Å². The molecule has 1 aromatic carbocycles. The lowest BCUT2D eigenvalue weighted by Crippen LogP contribution is -2.19. The number of hydrogen-bond acceptors (Lipinski definition) is 3. The van der Waals surface area contributed by atoms with Crippen molar-refractivity contribution in [1.29, 1.82) is 0 Å². The van der Waals surface area contributed by atoms with Gasteiger partial charge in [0.05, 0.1) is 14.4 Å². The lowest BCUT2D eigenvalue weighted by Gasteiger charge is -2.18. The van der Waals surface area contributed by atoms with Gasteiger partial charge in [-0.25, -0.2) is 5.43 Å². The van der Waals surface area contributed by atoms with E-state index in [0.717, 1.165) is 14.4 Å². The minimum atomic E-state index is -0.199. The second-order valence-corrected chi connectivity index (χ2v) is 8.53. The summed E-state index contributed by atoms with van der Waals surface area (Å²) >= 11 is 5.00. The van der Waals surface area contributed by atoms with Crippen LogP contribution in [0.15, 0.2) is 45.3 Å². The Morgan fingerprint density at radius 3 is 2.27 bits per heavy atom. The van der Waals surface area contributed by atoms with E-state index in [-0.39, 0.29) is 11.3 Å². The summed E-state index contributed by atoms with van der Waals surface area (Å²) in [6.07, 6.45) is 0. The van der Waals surface area contributed by atoms with Gasteiger partial charge in [0.15, 0.2) is 0 Å². The summed E-state index contributed by atoms with van der Waals surface area (Å²) in [6.45, 7) is 8.32. The summed E-state index contributed by atoms with van der Waals surface area (Å²) in [7, 11) is 0. The zero-order valence-electron chi connectivity index (χ0n) is 13.1. The molecule has 116 valence electrons. The van der Waals surface area contributed by atoms with Crippen molar-refractivity contribution in [2.75, 3.05) is 0 Å².